The third kappa shape index (κ3) is 3.46. The lowest BCUT2D eigenvalue weighted by atomic mass is 10.2. The summed E-state index contributed by atoms with van der Waals surface area (Å²) in [5.74, 6) is 1.40. The molecular formula is C15H19N7O2S. The van der Waals surface area contributed by atoms with Crippen molar-refractivity contribution in [2.75, 3.05) is 30.3 Å². The van der Waals surface area contributed by atoms with E-state index in [1.54, 1.807) is 6.33 Å². The molecule has 4 N–H and O–H groups in total. The highest BCUT2D eigenvalue weighted by molar-refractivity contribution is 8.04. The first-order valence-corrected chi connectivity index (χ1v) is 9.14. The predicted molar refractivity (Wildman–Crippen MR) is 95.0 cm³/mol. The van der Waals surface area contributed by atoms with Gasteiger partial charge in [-0.25, -0.2) is 15.0 Å². The number of hydrogen-bond donors (Lipinski definition) is 4. The molecule has 2 aliphatic rings. The van der Waals surface area contributed by atoms with Crippen molar-refractivity contribution in [3.8, 4) is 0 Å². The fourth-order valence-corrected chi connectivity index (χ4v) is 3.93. The number of hydrogen-bond acceptors (Lipinski definition) is 8. The Bertz CT molecular complexity index is 808. The number of aliphatic hydroxyl groups is 1. The van der Waals surface area contributed by atoms with Gasteiger partial charge in [0, 0.05) is 37.6 Å². The molecule has 0 spiro atoms. The van der Waals surface area contributed by atoms with Crippen molar-refractivity contribution in [3.05, 3.63) is 23.8 Å². The Kier molecular flexibility index (Phi) is 4.55. The molecular weight excluding hydrogens is 342 g/mol. The van der Waals surface area contributed by atoms with E-state index in [4.69, 9.17) is 0 Å². The summed E-state index contributed by atoms with van der Waals surface area (Å²) in [4.78, 5) is 30.7. The molecule has 0 aromatic carbocycles. The number of nitrogens with one attached hydrogen (secondary N) is 3. The van der Waals surface area contributed by atoms with Crippen molar-refractivity contribution in [2.24, 2.45) is 0 Å². The number of thioether (sulfide) groups is 1. The van der Waals surface area contributed by atoms with Crippen LogP contribution < -0.4 is 15.5 Å². The highest BCUT2D eigenvalue weighted by atomic mass is 32.2. The summed E-state index contributed by atoms with van der Waals surface area (Å²) in [5.41, 5.74) is 1.36. The largest absolute Gasteiger partial charge is 0.392 e. The molecule has 0 radical (unpaired) electrons. The first kappa shape index (κ1) is 16.3. The van der Waals surface area contributed by atoms with E-state index >= 15 is 0 Å². The Hall–Kier alpha value is -2.17. The van der Waals surface area contributed by atoms with Crippen LogP contribution in [0.5, 0.6) is 0 Å². The molecule has 1 saturated heterocycles. The molecule has 9 nitrogen and oxygen atoms in total. The van der Waals surface area contributed by atoms with Crippen molar-refractivity contribution in [3.63, 3.8) is 0 Å². The van der Waals surface area contributed by atoms with Crippen LogP contribution in [0.4, 0.5) is 5.82 Å². The molecule has 2 aromatic rings. The molecule has 4 rings (SSSR count). The molecule has 1 fully saturated rings. The summed E-state index contributed by atoms with van der Waals surface area (Å²) < 4.78 is 0. The summed E-state index contributed by atoms with van der Waals surface area (Å²) in [7, 11) is 0. The van der Waals surface area contributed by atoms with Crippen LogP contribution in [0.25, 0.3) is 11.2 Å². The van der Waals surface area contributed by atoms with E-state index in [2.05, 4.69) is 30.6 Å². The van der Waals surface area contributed by atoms with E-state index in [1.165, 1.54) is 18.1 Å². The third-order valence-electron chi connectivity index (χ3n) is 4.27. The predicted octanol–water partition coefficient (Wildman–Crippen LogP) is -0.413. The molecule has 2 aliphatic heterocycles. The maximum Gasteiger partial charge on any atom is 0.259 e. The van der Waals surface area contributed by atoms with E-state index in [9.17, 15) is 9.90 Å². The van der Waals surface area contributed by atoms with Crippen molar-refractivity contribution >= 4 is 34.7 Å². The lowest BCUT2D eigenvalue weighted by molar-refractivity contribution is -0.116. The average Bonchev–Trinajstić information content (AvgIpc) is 3.28. The van der Waals surface area contributed by atoms with Gasteiger partial charge in [0.25, 0.3) is 5.91 Å². The Morgan fingerprint density at radius 3 is 3.20 bits per heavy atom. The smallest absolute Gasteiger partial charge is 0.259 e. The molecule has 1 amide bonds. The van der Waals surface area contributed by atoms with Gasteiger partial charge in [-0.15, -0.1) is 11.8 Å². The fraction of sp³-hybridized carbons (Fsp3) is 0.467. The van der Waals surface area contributed by atoms with Crippen LogP contribution in [0.15, 0.2) is 23.8 Å². The maximum absolute atomic E-state index is 12.5. The van der Waals surface area contributed by atoms with Gasteiger partial charge in [-0.2, -0.15) is 0 Å². The third-order valence-corrected chi connectivity index (χ3v) is 5.26. The lowest BCUT2D eigenvalue weighted by Gasteiger charge is -2.25. The van der Waals surface area contributed by atoms with E-state index < -0.39 is 0 Å². The number of nitrogens with zero attached hydrogens (tertiary/aromatic N) is 4. The highest BCUT2D eigenvalue weighted by Gasteiger charge is 2.24. The van der Waals surface area contributed by atoms with Crippen LogP contribution in [0.3, 0.4) is 0 Å². The van der Waals surface area contributed by atoms with Gasteiger partial charge in [0.2, 0.25) is 0 Å². The van der Waals surface area contributed by atoms with Gasteiger partial charge in [-0.05, 0) is 6.42 Å². The van der Waals surface area contributed by atoms with Crippen LogP contribution in [-0.4, -0.2) is 68.5 Å². The molecule has 2 atom stereocenters. The standard InChI is InChI=1S/C15H19N7O2S/c23-10-3-9(16-5-10)4-17-15(24)11-6-22(1-2-25-11)14-12-13(19-7-18-12)20-8-21-14/h6-10,16,23H,1-5H2,(H,17,24)(H,18,19,20,21)/t9-,10+/m0/s1. The Morgan fingerprint density at radius 2 is 2.36 bits per heavy atom. The topological polar surface area (TPSA) is 119 Å². The number of β-amino-alcohol motifs (C(OH)–C–C–N with tert-alkyl or cyclic N) is 1. The normalized spacial score (nSPS) is 23.7. The number of aromatic amines is 1. The van der Waals surface area contributed by atoms with Gasteiger partial charge in [0.1, 0.15) is 11.8 Å². The lowest BCUT2D eigenvalue weighted by Crippen LogP contribution is -2.38. The number of imidazole rings is 1. The van der Waals surface area contributed by atoms with Gasteiger partial charge in [-0.3, -0.25) is 4.79 Å². The average molecular weight is 361 g/mol. The van der Waals surface area contributed by atoms with Crippen LogP contribution in [0.1, 0.15) is 6.42 Å². The van der Waals surface area contributed by atoms with Gasteiger partial charge < -0.3 is 25.6 Å². The number of H-pyrrole nitrogens is 1. The summed E-state index contributed by atoms with van der Waals surface area (Å²) in [6.45, 7) is 1.84. The number of carbonyl (C=O) groups excluding carboxylic acids is 1. The number of aromatic nitrogens is 4. The number of amides is 1. The second-order valence-electron chi connectivity index (χ2n) is 6.04. The second-order valence-corrected chi connectivity index (χ2v) is 7.18. The number of aliphatic hydroxyl groups excluding tert-OH is 1. The monoisotopic (exact) mass is 361 g/mol. The second kappa shape index (κ2) is 6.98. The zero-order chi connectivity index (χ0) is 17.2. The number of carbonyl (C=O) groups is 1. The molecule has 25 heavy (non-hydrogen) atoms. The Balaban J connectivity index is 1.46. The Morgan fingerprint density at radius 1 is 1.44 bits per heavy atom. The quantitative estimate of drug-likeness (QED) is 0.580. The molecule has 0 saturated carbocycles. The van der Waals surface area contributed by atoms with Gasteiger partial charge in [0.15, 0.2) is 11.5 Å². The molecule has 132 valence electrons. The maximum atomic E-state index is 12.5. The van der Waals surface area contributed by atoms with Gasteiger partial charge in [-0.1, -0.05) is 0 Å². The number of fused-ring (bicyclic) bond motifs is 1. The minimum atomic E-state index is -0.324. The molecule has 10 heteroatoms. The van der Waals surface area contributed by atoms with Crippen LogP contribution >= 0.6 is 11.8 Å². The minimum absolute atomic E-state index is 0.104. The summed E-state index contributed by atoms with van der Waals surface area (Å²) in [6, 6.07) is 0.121. The van der Waals surface area contributed by atoms with Crippen LogP contribution in [0, 0.1) is 0 Å². The van der Waals surface area contributed by atoms with Crippen molar-refractivity contribution < 1.29 is 9.90 Å². The van der Waals surface area contributed by atoms with Gasteiger partial charge in [0.05, 0.1) is 17.3 Å². The number of rotatable bonds is 4. The summed E-state index contributed by atoms with van der Waals surface area (Å²) >= 11 is 1.53. The molecule has 0 unspecified atom stereocenters. The van der Waals surface area contributed by atoms with E-state index in [-0.39, 0.29) is 18.1 Å². The first-order valence-electron chi connectivity index (χ1n) is 8.15. The minimum Gasteiger partial charge on any atom is -0.392 e. The van der Waals surface area contributed by atoms with E-state index in [0.29, 0.717) is 35.9 Å². The molecule has 2 aromatic heterocycles. The number of anilines is 1. The zero-order valence-electron chi connectivity index (χ0n) is 13.5. The summed E-state index contributed by atoms with van der Waals surface area (Å²) in [6.07, 6.45) is 5.22. The van der Waals surface area contributed by atoms with E-state index in [1.807, 2.05) is 11.1 Å². The first-order chi connectivity index (χ1) is 12.2. The highest BCUT2D eigenvalue weighted by Crippen LogP contribution is 2.27. The SMILES string of the molecule is O=C(NC[C@@H]1C[C@@H](O)CN1)C1=CN(c2ncnc3nc[nH]c23)CCS1. The fourth-order valence-electron chi connectivity index (χ4n) is 3.01. The van der Waals surface area contributed by atoms with Crippen LogP contribution in [-0.2, 0) is 4.79 Å². The van der Waals surface area contributed by atoms with Gasteiger partial charge >= 0.3 is 0 Å². The van der Waals surface area contributed by atoms with E-state index in [0.717, 1.165) is 17.8 Å². The Labute approximate surface area is 148 Å². The van der Waals surface area contributed by atoms with Crippen molar-refractivity contribution in [1.29, 1.82) is 0 Å². The molecule has 0 aliphatic carbocycles. The zero-order valence-corrected chi connectivity index (χ0v) is 14.3. The molecule has 4 heterocycles. The van der Waals surface area contributed by atoms with Crippen molar-refractivity contribution in [1.82, 2.24) is 30.6 Å². The van der Waals surface area contributed by atoms with Crippen molar-refractivity contribution in [2.45, 2.75) is 18.6 Å². The van der Waals surface area contributed by atoms with Crippen LogP contribution in [0.2, 0.25) is 0 Å². The summed E-state index contributed by atoms with van der Waals surface area (Å²) in [5, 5.41) is 15.7. The molecule has 0 bridgehead atoms.